The van der Waals surface area contributed by atoms with E-state index in [1.807, 2.05) is 45.0 Å². The summed E-state index contributed by atoms with van der Waals surface area (Å²) < 4.78 is 35.5. The van der Waals surface area contributed by atoms with Gasteiger partial charge in [0.05, 0.1) is 17.2 Å². The van der Waals surface area contributed by atoms with E-state index in [0.717, 1.165) is 45.6 Å². The number of anilines is 1. The molecule has 0 spiro atoms. The molecular formula is C33H40BrN3O5S. The molecule has 1 saturated carbocycles. The summed E-state index contributed by atoms with van der Waals surface area (Å²) in [7, 11) is -4.15. The summed E-state index contributed by atoms with van der Waals surface area (Å²) in [5, 5.41) is 3.15. The summed E-state index contributed by atoms with van der Waals surface area (Å²) in [4.78, 5) is 29.5. The predicted octanol–water partition coefficient (Wildman–Crippen LogP) is 6.22. The van der Waals surface area contributed by atoms with Crippen LogP contribution in [0.4, 0.5) is 5.69 Å². The number of nitrogens with zero attached hydrogens (tertiary/aromatic N) is 2. The van der Waals surface area contributed by atoms with Crippen molar-refractivity contribution in [2.75, 3.05) is 17.5 Å². The van der Waals surface area contributed by atoms with Gasteiger partial charge in [-0.2, -0.15) is 0 Å². The number of amides is 2. The molecule has 230 valence electrons. The number of hydrogen-bond acceptors (Lipinski definition) is 5. The lowest BCUT2D eigenvalue weighted by molar-refractivity contribution is -0.140. The quantitative estimate of drug-likeness (QED) is 0.233. The Morgan fingerprint density at radius 1 is 0.977 bits per heavy atom. The largest absolute Gasteiger partial charge is 0.494 e. The highest BCUT2D eigenvalue weighted by Gasteiger charge is 2.34. The first-order valence-corrected chi connectivity index (χ1v) is 17.0. The lowest BCUT2D eigenvalue weighted by Crippen LogP contribution is -2.53. The molecule has 1 N–H and O–H groups in total. The number of rotatable bonds is 13. The number of hydrogen-bond donors (Lipinski definition) is 1. The van der Waals surface area contributed by atoms with Crippen LogP contribution in [0.15, 0.2) is 82.2 Å². The molecule has 3 aromatic rings. The molecule has 8 nitrogen and oxygen atoms in total. The standard InChI is InChI=1S/C33H40BrN3O5S/c1-4-31(33(39)35-27-12-8-9-13-27)36(22-25-11-7-6-10-24(25)3)32(38)23-37(28-16-18-29(19-17-28)42-5-2)43(40,41)30-20-14-26(34)15-21-30/h6-7,10-11,14-21,27,31H,4-5,8-9,12-13,22-23H2,1-3H3,(H,35,39)/t31-/m0/s1. The van der Waals surface area contributed by atoms with Gasteiger partial charge in [0.15, 0.2) is 0 Å². The average Bonchev–Trinajstić information content (AvgIpc) is 3.50. The van der Waals surface area contributed by atoms with Gasteiger partial charge < -0.3 is 15.0 Å². The fraction of sp³-hybridized carbons (Fsp3) is 0.394. The fourth-order valence-electron chi connectivity index (χ4n) is 5.40. The summed E-state index contributed by atoms with van der Waals surface area (Å²) in [5.74, 6) is -0.0830. The number of aryl methyl sites for hydroxylation is 1. The number of sulfonamides is 1. The van der Waals surface area contributed by atoms with Crippen LogP contribution in [0.2, 0.25) is 0 Å². The minimum Gasteiger partial charge on any atom is -0.494 e. The van der Waals surface area contributed by atoms with Gasteiger partial charge in [-0.3, -0.25) is 13.9 Å². The van der Waals surface area contributed by atoms with Gasteiger partial charge in [0, 0.05) is 17.1 Å². The first-order chi connectivity index (χ1) is 20.6. The molecule has 4 rings (SSSR count). The molecule has 0 bridgehead atoms. The highest BCUT2D eigenvalue weighted by atomic mass is 79.9. The maximum atomic E-state index is 14.3. The van der Waals surface area contributed by atoms with Crippen LogP contribution in [-0.2, 0) is 26.2 Å². The molecular weight excluding hydrogens is 630 g/mol. The highest BCUT2D eigenvalue weighted by molar-refractivity contribution is 9.10. The van der Waals surface area contributed by atoms with Crippen LogP contribution in [0, 0.1) is 6.92 Å². The van der Waals surface area contributed by atoms with Crippen molar-refractivity contribution in [1.29, 1.82) is 0 Å². The number of carbonyl (C=O) groups is 2. The normalized spacial score (nSPS) is 14.2. The molecule has 3 aromatic carbocycles. The van der Waals surface area contributed by atoms with Crippen molar-refractivity contribution < 1.29 is 22.7 Å². The number of nitrogens with one attached hydrogen (secondary N) is 1. The maximum absolute atomic E-state index is 14.3. The summed E-state index contributed by atoms with van der Waals surface area (Å²) in [5.41, 5.74) is 2.20. The predicted molar refractivity (Wildman–Crippen MR) is 172 cm³/mol. The maximum Gasteiger partial charge on any atom is 0.264 e. The van der Waals surface area contributed by atoms with Crippen LogP contribution in [0.1, 0.15) is 57.1 Å². The lowest BCUT2D eigenvalue weighted by Gasteiger charge is -2.34. The van der Waals surface area contributed by atoms with Crippen LogP contribution in [0.3, 0.4) is 0 Å². The van der Waals surface area contributed by atoms with Gasteiger partial charge in [0.2, 0.25) is 11.8 Å². The molecule has 1 aliphatic rings. The van der Waals surface area contributed by atoms with Crippen LogP contribution >= 0.6 is 15.9 Å². The summed E-state index contributed by atoms with van der Waals surface area (Å²) >= 11 is 3.36. The van der Waals surface area contributed by atoms with E-state index >= 15 is 0 Å². The topological polar surface area (TPSA) is 96.0 Å². The van der Waals surface area contributed by atoms with Crippen LogP contribution in [0.5, 0.6) is 5.75 Å². The van der Waals surface area contributed by atoms with E-state index in [2.05, 4.69) is 21.2 Å². The van der Waals surface area contributed by atoms with Gasteiger partial charge in [-0.15, -0.1) is 0 Å². The zero-order valence-electron chi connectivity index (χ0n) is 25.0. The van der Waals surface area contributed by atoms with Crippen molar-refractivity contribution in [3.05, 3.63) is 88.4 Å². The Bertz CT molecular complexity index is 1490. The van der Waals surface area contributed by atoms with Gasteiger partial charge in [0.25, 0.3) is 10.0 Å². The SMILES string of the molecule is CCOc1ccc(N(CC(=O)N(Cc2ccccc2C)[C@@H](CC)C(=O)NC2CCCC2)S(=O)(=O)c2ccc(Br)cc2)cc1. The van der Waals surface area contributed by atoms with E-state index in [4.69, 9.17) is 4.74 Å². The van der Waals surface area contributed by atoms with Crippen LogP contribution in [0.25, 0.3) is 0 Å². The van der Waals surface area contributed by atoms with Crippen molar-refractivity contribution in [3.8, 4) is 5.75 Å². The Morgan fingerprint density at radius 3 is 2.23 bits per heavy atom. The number of ether oxygens (including phenoxy) is 1. The first kappa shape index (κ1) is 32.5. The molecule has 1 atom stereocenters. The zero-order chi connectivity index (χ0) is 31.0. The molecule has 0 saturated heterocycles. The summed E-state index contributed by atoms with van der Waals surface area (Å²) in [6, 6.07) is 20.0. The summed E-state index contributed by atoms with van der Waals surface area (Å²) in [6.07, 6.45) is 4.37. The molecule has 0 heterocycles. The number of halogens is 1. The molecule has 2 amide bonds. The minimum absolute atomic E-state index is 0.0499. The Kier molecular flexibility index (Phi) is 11.3. The second-order valence-electron chi connectivity index (χ2n) is 10.8. The van der Waals surface area contributed by atoms with E-state index in [1.54, 1.807) is 36.4 Å². The van der Waals surface area contributed by atoms with Crippen molar-refractivity contribution in [1.82, 2.24) is 10.2 Å². The monoisotopic (exact) mass is 669 g/mol. The van der Waals surface area contributed by atoms with Crippen LogP contribution < -0.4 is 14.4 Å². The Labute approximate surface area is 263 Å². The van der Waals surface area contributed by atoms with Crippen LogP contribution in [-0.4, -0.2) is 50.4 Å². The Hall–Kier alpha value is -3.37. The molecule has 0 unspecified atom stereocenters. The Morgan fingerprint density at radius 2 is 1.63 bits per heavy atom. The lowest BCUT2D eigenvalue weighted by atomic mass is 10.1. The molecule has 0 aliphatic heterocycles. The van der Waals surface area contributed by atoms with E-state index < -0.39 is 28.5 Å². The van der Waals surface area contributed by atoms with Gasteiger partial charge in [0.1, 0.15) is 18.3 Å². The van der Waals surface area contributed by atoms with Gasteiger partial charge >= 0.3 is 0 Å². The van der Waals surface area contributed by atoms with Gasteiger partial charge in [-0.05, 0) is 92.8 Å². The third-order valence-electron chi connectivity index (χ3n) is 7.81. The second kappa shape index (κ2) is 14.9. The van der Waals surface area contributed by atoms with Crippen molar-refractivity contribution >= 4 is 43.5 Å². The first-order valence-electron chi connectivity index (χ1n) is 14.8. The van der Waals surface area contributed by atoms with Gasteiger partial charge in [-0.25, -0.2) is 8.42 Å². The molecule has 43 heavy (non-hydrogen) atoms. The zero-order valence-corrected chi connectivity index (χ0v) is 27.4. The summed E-state index contributed by atoms with van der Waals surface area (Å²) in [6.45, 7) is 5.87. The number of benzene rings is 3. The third kappa shape index (κ3) is 8.17. The van der Waals surface area contributed by atoms with Gasteiger partial charge in [-0.1, -0.05) is 60.0 Å². The molecule has 10 heteroatoms. The molecule has 0 radical (unpaired) electrons. The Balaban J connectivity index is 1.72. The highest BCUT2D eigenvalue weighted by Crippen LogP contribution is 2.28. The minimum atomic E-state index is -4.15. The van der Waals surface area contributed by atoms with Crippen molar-refractivity contribution in [3.63, 3.8) is 0 Å². The average molecular weight is 671 g/mol. The molecule has 1 aliphatic carbocycles. The third-order valence-corrected chi connectivity index (χ3v) is 10.1. The van der Waals surface area contributed by atoms with E-state index in [9.17, 15) is 18.0 Å². The van der Waals surface area contributed by atoms with E-state index in [-0.39, 0.29) is 23.4 Å². The number of carbonyl (C=O) groups excluding carboxylic acids is 2. The second-order valence-corrected chi connectivity index (χ2v) is 13.5. The fourth-order valence-corrected chi connectivity index (χ4v) is 7.07. The van der Waals surface area contributed by atoms with E-state index in [0.29, 0.717) is 24.5 Å². The molecule has 0 aromatic heterocycles. The van der Waals surface area contributed by atoms with Crippen molar-refractivity contribution in [2.45, 2.75) is 76.4 Å². The molecule has 1 fully saturated rings. The van der Waals surface area contributed by atoms with Crippen molar-refractivity contribution in [2.24, 2.45) is 0 Å². The smallest absolute Gasteiger partial charge is 0.264 e. The van der Waals surface area contributed by atoms with E-state index in [1.165, 1.54) is 17.0 Å².